The Hall–Kier alpha value is -0.220. The number of aromatic nitrogens is 2. The molecule has 0 aliphatic carbocycles. The fourth-order valence-corrected chi connectivity index (χ4v) is 2.19. The van der Waals surface area contributed by atoms with Gasteiger partial charge in [0.05, 0.1) is 0 Å². The predicted molar refractivity (Wildman–Crippen MR) is 55.2 cm³/mol. The third-order valence-corrected chi connectivity index (χ3v) is 2.90. The lowest BCUT2D eigenvalue weighted by Gasteiger charge is -1.98. The van der Waals surface area contributed by atoms with Gasteiger partial charge in [-0.2, -0.15) is 5.10 Å². The molecule has 0 spiro atoms. The molecule has 0 atom stereocenters. The molecule has 0 saturated carbocycles. The van der Waals surface area contributed by atoms with Gasteiger partial charge in [0.15, 0.2) is 3.95 Å². The molecule has 0 saturated heterocycles. The van der Waals surface area contributed by atoms with E-state index in [0.29, 0.717) is 0 Å². The lowest BCUT2D eigenvalue weighted by atomic mass is 10.2. The molecule has 0 aliphatic rings. The van der Waals surface area contributed by atoms with Crippen LogP contribution in [0.1, 0.15) is 31.2 Å². The van der Waals surface area contributed by atoms with Crippen LogP contribution in [-0.4, -0.2) is 9.78 Å². The molecule has 0 unspecified atom stereocenters. The lowest BCUT2D eigenvalue weighted by Crippen LogP contribution is -1.99. The fourth-order valence-electron chi connectivity index (χ4n) is 1.06. The van der Waals surface area contributed by atoms with Gasteiger partial charge in [-0.05, 0) is 25.6 Å². The first-order valence-electron chi connectivity index (χ1n) is 4.28. The van der Waals surface area contributed by atoms with Crippen LogP contribution in [0.3, 0.4) is 0 Å². The molecule has 12 heavy (non-hydrogen) atoms. The summed E-state index contributed by atoms with van der Waals surface area (Å²) in [6.07, 6.45) is 3.70. The van der Waals surface area contributed by atoms with Gasteiger partial charge in [0.25, 0.3) is 0 Å². The van der Waals surface area contributed by atoms with Crippen LogP contribution in [0.25, 0.3) is 0 Å². The van der Waals surface area contributed by atoms with Crippen molar-refractivity contribution in [3.63, 3.8) is 0 Å². The second kappa shape index (κ2) is 4.72. The van der Waals surface area contributed by atoms with Crippen LogP contribution in [0.15, 0.2) is 0 Å². The van der Waals surface area contributed by atoms with Crippen molar-refractivity contribution in [3.05, 3.63) is 8.96 Å². The fraction of sp³-hybridized carbons (Fsp3) is 0.750. The van der Waals surface area contributed by atoms with E-state index in [1.807, 2.05) is 11.6 Å². The molecular weight excluding hydrogens is 188 g/mol. The van der Waals surface area contributed by atoms with Crippen molar-refractivity contribution in [2.75, 3.05) is 0 Å². The minimum atomic E-state index is 0.906. The molecule has 0 aliphatic heterocycles. The molecule has 0 radical (unpaired) electrons. The van der Waals surface area contributed by atoms with E-state index in [2.05, 4.69) is 12.0 Å². The van der Waals surface area contributed by atoms with Crippen molar-refractivity contribution in [2.24, 2.45) is 0 Å². The minimum absolute atomic E-state index is 0.906. The van der Waals surface area contributed by atoms with Crippen LogP contribution in [-0.2, 0) is 6.54 Å². The summed E-state index contributed by atoms with van der Waals surface area (Å²) in [7, 11) is 0. The molecule has 1 rings (SSSR count). The number of aryl methyl sites for hydroxylation is 2. The van der Waals surface area contributed by atoms with Crippen molar-refractivity contribution >= 4 is 23.6 Å². The number of hydrogen-bond acceptors (Lipinski definition) is 3. The Bertz CT molecular complexity index is 287. The quantitative estimate of drug-likeness (QED) is 0.551. The summed E-state index contributed by atoms with van der Waals surface area (Å²) in [5.41, 5.74) is 0. The van der Waals surface area contributed by atoms with E-state index in [-0.39, 0.29) is 0 Å². The van der Waals surface area contributed by atoms with E-state index >= 15 is 0 Å². The van der Waals surface area contributed by atoms with Crippen molar-refractivity contribution in [1.29, 1.82) is 0 Å². The molecule has 0 amide bonds. The highest BCUT2D eigenvalue weighted by atomic mass is 32.1. The Morgan fingerprint density at radius 2 is 2.25 bits per heavy atom. The zero-order valence-corrected chi connectivity index (χ0v) is 9.17. The van der Waals surface area contributed by atoms with Gasteiger partial charge < -0.3 is 0 Å². The second-order valence-corrected chi connectivity index (χ2v) is 4.64. The number of nitrogens with zero attached hydrogens (tertiary/aromatic N) is 2. The molecule has 0 N–H and O–H groups in total. The van der Waals surface area contributed by atoms with E-state index in [4.69, 9.17) is 12.2 Å². The predicted octanol–water partition coefficient (Wildman–Crippen LogP) is 3.17. The number of unbranched alkanes of at least 4 members (excludes halogenated alkanes) is 2. The summed E-state index contributed by atoms with van der Waals surface area (Å²) in [5.74, 6) is 0. The summed E-state index contributed by atoms with van der Waals surface area (Å²) in [5, 5.41) is 5.38. The molecule has 1 heterocycles. The maximum atomic E-state index is 5.14. The van der Waals surface area contributed by atoms with Gasteiger partial charge in [-0.1, -0.05) is 31.1 Å². The Morgan fingerprint density at radius 3 is 2.75 bits per heavy atom. The Kier molecular flexibility index (Phi) is 3.88. The van der Waals surface area contributed by atoms with Gasteiger partial charge in [-0.25, -0.2) is 4.68 Å². The van der Waals surface area contributed by atoms with Crippen LogP contribution in [0, 0.1) is 10.9 Å². The molecule has 1 aromatic rings. The Balaban J connectivity index is 2.51. The molecular formula is C8H14N2S2. The molecule has 1 aromatic heterocycles. The van der Waals surface area contributed by atoms with E-state index in [9.17, 15) is 0 Å². The average molecular weight is 202 g/mol. The Morgan fingerprint density at radius 1 is 1.50 bits per heavy atom. The van der Waals surface area contributed by atoms with Crippen molar-refractivity contribution in [3.8, 4) is 0 Å². The maximum Gasteiger partial charge on any atom is 0.179 e. The van der Waals surface area contributed by atoms with Crippen LogP contribution in [0.4, 0.5) is 0 Å². The van der Waals surface area contributed by atoms with Crippen LogP contribution >= 0.6 is 23.6 Å². The zero-order chi connectivity index (χ0) is 8.97. The third-order valence-electron chi connectivity index (χ3n) is 1.68. The highest BCUT2D eigenvalue weighted by Crippen LogP contribution is 2.07. The van der Waals surface area contributed by atoms with E-state index < -0.39 is 0 Å². The van der Waals surface area contributed by atoms with Crippen molar-refractivity contribution in [1.82, 2.24) is 9.78 Å². The summed E-state index contributed by atoms with van der Waals surface area (Å²) in [4.78, 5) is 0. The molecule has 0 aromatic carbocycles. The standard InChI is InChI=1S/C8H14N2S2/c1-3-4-5-6-10-8(11)12-7(2)9-10/h3-6H2,1-2H3. The number of hydrogen-bond donors (Lipinski definition) is 0. The van der Waals surface area contributed by atoms with Crippen molar-refractivity contribution < 1.29 is 0 Å². The third kappa shape index (κ3) is 2.68. The molecule has 0 bridgehead atoms. The maximum absolute atomic E-state index is 5.14. The monoisotopic (exact) mass is 202 g/mol. The van der Waals surface area contributed by atoms with E-state index in [1.165, 1.54) is 19.3 Å². The largest absolute Gasteiger partial charge is 0.245 e. The minimum Gasteiger partial charge on any atom is -0.245 e. The summed E-state index contributed by atoms with van der Waals surface area (Å²) in [6, 6.07) is 0. The van der Waals surface area contributed by atoms with Crippen LogP contribution in [0.2, 0.25) is 0 Å². The van der Waals surface area contributed by atoms with Crippen molar-refractivity contribution in [2.45, 2.75) is 39.7 Å². The Labute approximate surface area is 82.2 Å². The van der Waals surface area contributed by atoms with Crippen LogP contribution < -0.4 is 0 Å². The zero-order valence-electron chi connectivity index (χ0n) is 7.54. The average Bonchev–Trinajstić information content (AvgIpc) is 2.31. The normalized spacial score (nSPS) is 10.5. The molecule has 2 nitrogen and oxygen atoms in total. The van der Waals surface area contributed by atoms with E-state index in [0.717, 1.165) is 15.5 Å². The molecule has 0 fully saturated rings. The van der Waals surface area contributed by atoms with Gasteiger partial charge in [-0.3, -0.25) is 0 Å². The molecule has 4 heteroatoms. The summed E-state index contributed by atoms with van der Waals surface area (Å²) >= 11 is 6.74. The first-order chi connectivity index (χ1) is 5.74. The van der Waals surface area contributed by atoms with Crippen LogP contribution in [0.5, 0.6) is 0 Å². The SMILES string of the molecule is CCCCCn1nc(C)sc1=S. The summed E-state index contributed by atoms with van der Waals surface area (Å²) in [6.45, 7) is 5.18. The highest BCUT2D eigenvalue weighted by Gasteiger charge is 1.97. The smallest absolute Gasteiger partial charge is 0.179 e. The second-order valence-electron chi connectivity index (χ2n) is 2.82. The van der Waals surface area contributed by atoms with Gasteiger partial charge in [0.1, 0.15) is 5.01 Å². The van der Waals surface area contributed by atoms with E-state index in [1.54, 1.807) is 11.3 Å². The topological polar surface area (TPSA) is 17.8 Å². The highest BCUT2D eigenvalue weighted by molar-refractivity contribution is 7.73. The summed E-state index contributed by atoms with van der Waals surface area (Å²) < 4.78 is 2.84. The van der Waals surface area contributed by atoms with Gasteiger partial charge >= 0.3 is 0 Å². The van der Waals surface area contributed by atoms with Gasteiger partial charge in [0.2, 0.25) is 0 Å². The number of rotatable bonds is 4. The van der Waals surface area contributed by atoms with Gasteiger partial charge in [0, 0.05) is 6.54 Å². The first kappa shape index (κ1) is 9.86. The van der Waals surface area contributed by atoms with Gasteiger partial charge in [-0.15, -0.1) is 0 Å². The molecule has 68 valence electrons. The lowest BCUT2D eigenvalue weighted by molar-refractivity contribution is 0.546. The first-order valence-corrected chi connectivity index (χ1v) is 5.51.